The molecule has 2 rings (SSSR count). The Morgan fingerprint density at radius 3 is 3.00 bits per heavy atom. The van der Waals surface area contributed by atoms with Gasteiger partial charge < -0.3 is 14.8 Å². The SMILES string of the molecule is O=C(COc1ccc(F)cc1F)NCC1CCCO1. The monoisotopic (exact) mass is 271 g/mol. The summed E-state index contributed by atoms with van der Waals surface area (Å²) in [4.78, 5) is 11.5. The van der Waals surface area contributed by atoms with Crippen LogP contribution in [0.15, 0.2) is 18.2 Å². The van der Waals surface area contributed by atoms with E-state index in [1.165, 1.54) is 0 Å². The molecule has 1 fully saturated rings. The van der Waals surface area contributed by atoms with Gasteiger partial charge in [-0.2, -0.15) is 0 Å². The van der Waals surface area contributed by atoms with Gasteiger partial charge in [0.25, 0.3) is 5.91 Å². The second-order valence-electron chi connectivity index (χ2n) is 4.30. The highest BCUT2D eigenvalue weighted by Crippen LogP contribution is 2.17. The quantitative estimate of drug-likeness (QED) is 0.885. The van der Waals surface area contributed by atoms with E-state index in [0.29, 0.717) is 12.6 Å². The van der Waals surface area contributed by atoms with Crippen molar-refractivity contribution in [3.8, 4) is 5.75 Å². The van der Waals surface area contributed by atoms with Gasteiger partial charge in [0.1, 0.15) is 5.82 Å². The van der Waals surface area contributed by atoms with Gasteiger partial charge in [0, 0.05) is 19.2 Å². The molecule has 1 atom stereocenters. The second kappa shape index (κ2) is 6.47. The molecule has 1 aliphatic heterocycles. The van der Waals surface area contributed by atoms with Crippen molar-refractivity contribution >= 4 is 5.91 Å². The molecule has 1 aliphatic rings. The molecule has 1 amide bonds. The molecule has 1 saturated heterocycles. The second-order valence-corrected chi connectivity index (χ2v) is 4.30. The molecule has 104 valence electrons. The summed E-state index contributed by atoms with van der Waals surface area (Å²) in [7, 11) is 0. The van der Waals surface area contributed by atoms with Gasteiger partial charge in [0.2, 0.25) is 0 Å². The van der Waals surface area contributed by atoms with Gasteiger partial charge >= 0.3 is 0 Å². The highest BCUT2D eigenvalue weighted by molar-refractivity contribution is 5.77. The van der Waals surface area contributed by atoms with Crippen LogP contribution in [-0.4, -0.2) is 31.8 Å². The van der Waals surface area contributed by atoms with Crippen molar-refractivity contribution < 1.29 is 23.0 Å². The third kappa shape index (κ3) is 4.17. The maximum Gasteiger partial charge on any atom is 0.258 e. The molecule has 1 unspecified atom stereocenters. The molecule has 6 heteroatoms. The number of benzene rings is 1. The van der Waals surface area contributed by atoms with Crippen molar-refractivity contribution in [1.82, 2.24) is 5.32 Å². The number of hydrogen-bond donors (Lipinski definition) is 1. The molecular formula is C13H15F2NO3. The Morgan fingerprint density at radius 1 is 1.47 bits per heavy atom. The number of amides is 1. The third-order valence-electron chi connectivity index (χ3n) is 2.80. The molecular weight excluding hydrogens is 256 g/mol. The Labute approximate surface area is 109 Å². The first-order valence-corrected chi connectivity index (χ1v) is 6.11. The lowest BCUT2D eigenvalue weighted by Crippen LogP contribution is -2.35. The summed E-state index contributed by atoms with van der Waals surface area (Å²) in [6, 6.07) is 2.93. The molecule has 1 N–H and O–H groups in total. The van der Waals surface area contributed by atoms with Crippen LogP contribution in [0, 0.1) is 11.6 Å². The van der Waals surface area contributed by atoms with Gasteiger partial charge in [-0.25, -0.2) is 8.78 Å². The van der Waals surface area contributed by atoms with E-state index in [0.717, 1.165) is 31.6 Å². The van der Waals surface area contributed by atoms with Crippen molar-refractivity contribution in [3.05, 3.63) is 29.8 Å². The highest BCUT2D eigenvalue weighted by atomic mass is 19.1. The lowest BCUT2D eigenvalue weighted by Gasteiger charge is -2.11. The van der Waals surface area contributed by atoms with Crippen LogP contribution in [0.2, 0.25) is 0 Å². The Morgan fingerprint density at radius 2 is 2.32 bits per heavy atom. The average molecular weight is 271 g/mol. The third-order valence-corrected chi connectivity index (χ3v) is 2.80. The van der Waals surface area contributed by atoms with Crippen LogP contribution in [-0.2, 0) is 9.53 Å². The van der Waals surface area contributed by atoms with Crippen molar-refractivity contribution in [2.24, 2.45) is 0 Å². The van der Waals surface area contributed by atoms with Crippen LogP contribution in [0.5, 0.6) is 5.75 Å². The van der Waals surface area contributed by atoms with Gasteiger partial charge in [-0.3, -0.25) is 4.79 Å². The van der Waals surface area contributed by atoms with Crippen LogP contribution < -0.4 is 10.1 Å². The minimum Gasteiger partial charge on any atom is -0.481 e. The maximum atomic E-state index is 13.2. The number of nitrogens with one attached hydrogen (secondary N) is 1. The zero-order chi connectivity index (χ0) is 13.7. The van der Waals surface area contributed by atoms with Gasteiger partial charge in [-0.05, 0) is 25.0 Å². The molecule has 4 nitrogen and oxygen atoms in total. The number of carbonyl (C=O) groups is 1. The molecule has 0 bridgehead atoms. The van der Waals surface area contributed by atoms with E-state index in [2.05, 4.69) is 5.32 Å². The van der Waals surface area contributed by atoms with E-state index in [1.807, 2.05) is 0 Å². The highest BCUT2D eigenvalue weighted by Gasteiger charge is 2.16. The first-order valence-electron chi connectivity index (χ1n) is 6.11. The summed E-state index contributed by atoms with van der Waals surface area (Å²) in [5, 5.41) is 2.64. The van der Waals surface area contributed by atoms with Crippen molar-refractivity contribution in [2.45, 2.75) is 18.9 Å². The first kappa shape index (κ1) is 13.7. The smallest absolute Gasteiger partial charge is 0.258 e. The molecule has 0 aromatic heterocycles. The Balaban J connectivity index is 1.73. The van der Waals surface area contributed by atoms with E-state index in [-0.39, 0.29) is 24.4 Å². The van der Waals surface area contributed by atoms with Crippen molar-refractivity contribution in [1.29, 1.82) is 0 Å². The summed E-state index contributed by atoms with van der Waals surface area (Å²) >= 11 is 0. The molecule has 19 heavy (non-hydrogen) atoms. The minimum absolute atomic E-state index is 0.0477. The Bertz CT molecular complexity index is 448. The fourth-order valence-corrected chi connectivity index (χ4v) is 1.82. The lowest BCUT2D eigenvalue weighted by atomic mass is 10.2. The van der Waals surface area contributed by atoms with Crippen LogP contribution in [0.25, 0.3) is 0 Å². The number of halogens is 2. The maximum absolute atomic E-state index is 13.2. The Hall–Kier alpha value is -1.69. The summed E-state index contributed by atoms with van der Waals surface area (Å²) in [6.07, 6.45) is 1.97. The predicted octanol–water partition coefficient (Wildman–Crippen LogP) is 1.64. The number of ether oxygens (including phenoxy) is 2. The summed E-state index contributed by atoms with van der Waals surface area (Å²) in [5.41, 5.74) is 0. The van der Waals surface area contributed by atoms with Crippen LogP contribution in [0.3, 0.4) is 0 Å². The predicted molar refractivity (Wildman–Crippen MR) is 63.8 cm³/mol. The van der Waals surface area contributed by atoms with E-state index >= 15 is 0 Å². The topological polar surface area (TPSA) is 47.6 Å². The van der Waals surface area contributed by atoms with E-state index in [1.54, 1.807) is 0 Å². The molecule has 1 heterocycles. The van der Waals surface area contributed by atoms with Crippen molar-refractivity contribution in [2.75, 3.05) is 19.8 Å². The first-order chi connectivity index (χ1) is 9.15. The van der Waals surface area contributed by atoms with E-state index in [9.17, 15) is 13.6 Å². The average Bonchev–Trinajstić information content (AvgIpc) is 2.88. The normalized spacial score (nSPS) is 18.3. The number of hydrogen-bond acceptors (Lipinski definition) is 3. The number of carbonyl (C=O) groups excluding carboxylic acids is 1. The van der Waals surface area contributed by atoms with Crippen molar-refractivity contribution in [3.63, 3.8) is 0 Å². The van der Waals surface area contributed by atoms with Gasteiger partial charge in [-0.15, -0.1) is 0 Å². The molecule has 0 spiro atoms. The molecule has 1 aromatic rings. The van der Waals surface area contributed by atoms with Gasteiger partial charge in [0.05, 0.1) is 6.10 Å². The van der Waals surface area contributed by atoms with E-state index < -0.39 is 11.6 Å². The van der Waals surface area contributed by atoms with Crippen LogP contribution in [0.1, 0.15) is 12.8 Å². The summed E-state index contributed by atoms with van der Waals surface area (Å²) < 4.78 is 36.2. The fraction of sp³-hybridized carbons (Fsp3) is 0.462. The van der Waals surface area contributed by atoms with Crippen LogP contribution >= 0.6 is 0 Å². The molecule has 1 aromatic carbocycles. The summed E-state index contributed by atoms with van der Waals surface area (Å²) in [6.45, 7) is 0.835. The summed E-state index contributed by atoms with van der Waals surface area (Å²) in [5.74, 6) is -2.02. The Kier molecular flexibility index (Phi) is 4.68. The standard InChI is InChI=1S/C13H15F2NO3/c14-9-3-4-12(11(15)6-9)19-8-13(17)16-7-10-2-1-5-18-10/h3-4,6,10H,1-2,5,7-8H2,(H,16,17). The fourth-order valence-electron chi connectivity index (χ4n) is 1.82. The lowest BCUT2D eigenvalue weighted by molar-refractivity contribution is -0.123. The largest absolute Gasteiger partial charge is 0.481 e. The zero-order valence-electron chi connectivity index (χ0n) is 10.3. The molecule has 0 aliphatic carbocycles. The minimum atomic E-state index is -0.827. The zero-order valence-corrected chi connectivity index (χ0v) is 10.3. The molecule has 0 radical (unpaired) electrons. The van der Waals surface area contributed by atoms with Gasteiger partial charge in [0.15, 0.2) is 18.2 Å². The van der Waals surface area contributed by atoms with Gasteiger partial charge in [-0.1, -0.05) is 0 Å². The van der Waals surface area contributed by atoms with E-state index in [4.69, 9.17) is 9.47 Å². The molecule has 0 saturated carbocycles. The number of rotatable bonds is 5. The van der Waals surface area contributed by atoms with Crippen LogP contribution in [0.4, 0.5) is 8.78 Å².